The van der Waals surface area contributed by atoms with Gasteiger partial charge in [-0.25, -0.2) is 4.79 Å². The van der Waals surface area contributed by atoms with Crippen LogP contribution in [0.3, 0.4) is 0 Å². The Kier molecular flexibility index (Phi) is 12.1. The normalized spacial score (nSPS) is 14.4. The second-order valence-electron chi connectivity index (χ2n) is 8.34. The number of aromatic amines is 1. The van der Waals surface area contributed by atoms with Crippen LogP contribution < -0.4 is 27.4 Å². The minimum atomic E-state index is -1.25. The van der Waals surface area contributed by atoms with Crippen molar-refractivity contribution in [2.24, 2.45) is 11.5 Å². The van der Waals surface area contributed by atoms with Crippen molar-refractivity contribution in [2.45, 2.75) is 49.9 Å². The highest BCUT2D eigenvalue weighted by Crippen LogP contribution is 2.19. The smallest absolute Gasteiger partial charge is 0.327 e. The molecule has 0 saturated carbocycles. The van der Waals surface area contributed by atoms with Crippen molar-refractivity contribution in [2.75, 3.05) is 18.1 Å². The second-order valence-corrected chi connectivity index (χ2v) is 9.07. The number of benzene rings is 1. The number of amides is 3. The number of nitrogens with one attached hydrogen (secondary N) is 4. The van der Waals surface area contributed by atoms with Crippen molar-refractivity contribution in [3.05, 3.63) is 36.0 Å². The van der Waals surface area contributed by atoms with E-state index in [1.165, 1.54) is 0 Å². The fraction of sp³-hybridized carbons (Fsp3) is 0.478. The van der Waals surface area contributed by atoms with Gasteiger partial charge in [-0.3, -0.25) is 14.4 Å². The predicted octanol–water partition coefficient (Wildman–Crippen LogP) is -0.435. The molecule has 1 aromatic heterocycles. The molecule has 0 bridgehead atoms. The Labute approximate surface area is 220 Å². The summed E-state index contributed by atoms with van der Waals surface area (Å²) in [6.45, 7) is 0.492. The first kappa shape index (κ1) is 29.5. The van der Waals surface area contributed by atoms with Crippen molar-refractivity contribution < 1.29 is 24.3 Å². The average molecular weight is 539 g/mol. The number of thiol groups is 2. The summed E-state index contributed by atoms with van der Waals surface area (Å²) in [5.74, 6) is -3.28. The van der Waals surface area contributed by atoms with Crippen LogP contribution in [0.15, 0.2) is 30.5 Å². The molecule has 0 spiro atoms. The van der Waals surface area contributed by atoms with Crippen molar-refractivity contribution >= 4 is 59.9 Å². The van der Waals surface area contributed by atoms with Gasteiger partial charge in [0.2, 0.25) is 17.7 Å². The van der Waals surface area contributed by atoms with Crippen LogP contribution in [0, 0.1) is 0 Å². The molecule has 2 rings (SSSR count). The average Bonchev–Trinajstić information content (AvgIpc) is 3.27. The molecule has 0 saturated heterocycles. The van der Waals surface area contributed by atoms with E-state index in [9.17, 15) is 24.3 Å². The molecule has 1 heterocycles. The molecule has 0 radical (unpaired) electrons. The summed E-state index contributed by atoms with van der Waals surface area (Å²) >= 11 is 8.14. The number of aliphatic carboxylic acids is 1. The van der Waals surface area contributed by atoms with Gasteiger partial charge in [-0.15, -0.1) is 0 Å². The highest BCUT2D eigenvalue weighted by molar-refractivity contribution is 7.80. The fourth-order valence-corrected chi connectivity index (χ4v) is 4.08. The van der Waals surface area contributed by atoms with E-state index < -0.39 is 47.9 Å². The van der Waals surface area contributed by atoms with Gasteiger partial charge in [-0.2, -0.15) is 25.3 Å². The molecule has 3 amide bonds. The third kappa shape index (κ3) is 8.43. The first-order valence-electron chi connectivity index (χ1n) is 11.6. The Bertz CT molecular complexity index is 1050. The number of fused-ring (bicyclic) bond motifs is 1. The number of carboxylic acids is 1. The number of carbonyl (C=O) groups is 4. The minimum absolute atomic E-state index is 0.0388. The second kappa shape index (κ2) is 14.7. The number of aromatic nitrogens is 1. The molecule has 1 aromatic carbocycles. The summed E-state index contributed by atoms with van der Waals surface area (Å²) in [5.41, 5.74) is 13.0. The van der Waals surface area contributed by atoms with Crippen LogP contribution in [-0.4, -0.2) is 76.0 Å². The first-order chi connectivity index (χ1) is 17.2. The van der Waals surface area contributed by atoms with Crippen LogP contribution in [0.25, 0.3) is 10.9 Å². The summed E-state index contributed by atoms with van der Waals surface area (Å²) in [6, 6.07) is 3.21. The van der Waals surface area contributed by atoms with E-state index in [4.69, 9.17) is 11.5 Å². The van der Waals surface area contributed by atoms with Crippen molar-refractivity contribution in [1.29, 1.82) is 0 Å². The third-order valence-electron chi connectivity index (χ3n) is 5.65. The lowest BCUT2D eigenvalue weighted by molar-refractivity contribution is -0.141. The molecule has 4 unspecified atom stereocenters. The fourth-order valence-electron chi connectivity index (χ4n) is 3.57. The summed E-state index contributed by atoms with van der Waals surface area (Å²) in [6.07, 6.45) is 3.61. The highest BCUT2D eigenvalue weighted by atomic mass is 32.1. The summed E-state index contributed by atoms with van der Waals surface area (Å²) in [4.78, 5) is 53.0. The number of unbranched alkanes of at least 4 members (excludes halogenated alkanes) is 1. The molecule has 198 valence electrons. The van der Waals surface area contributed by atoms with Gasteiger partial charge < -0.3 is 37.5 Å². The molecule has 9 N–H and O–H groups in total. The van der Waals surface area contributed by atoms with Crippen molar-refractivity contribution in [3.8, 4) is 0 Å². The van der Waals surface area contributed by atoms with E-state index in [-0.39, 0.29) is 17.9 Å². The molecule has 0 aliphatic rings. The van der Waals surface area contributed by atoms with Gasteiger partial charge in [0, 0.05) is 35.0 Å². The summed E-state index contributed by atoms with van der Waals surface area (Å²) < 4.78 is 0. The number of carboxylic acid groups (broad SMARTS) is 1. The molecule has 0 aliphatic carbocycles. The SMILES string of the molecule is NCCCCC(N)C(=O)NC(CS)C(=O)NC(Cc1c[nH]c2ccccc12)C(=O)NC(CS)C(=O)O. The van der Waals surface area contributed by atoms with E-state index in [0.717, 1.165) is 22.9 Å². The van der Waals surface area contributed by atoms with E-state index in [1.54, 1.807) is 6.20 Å². The largest absolute Gasteiger partial charge is 0.480 e. The van der Waals surface area contributed by atoms with E-state index in [0.29, 0.717) is 19.4 Å². The topological polar surface area (TPSA) is 192 Å². The first-order valence-corrected chi connectivity index (χ1v) is 12.8. The Morgan fingerprint density at radius 2 is 1.53 bits per heavy atom. The van der Waals surface area contributed by atoms with Gasteiger partial charge in [-0.1, -0.05) is 24.6 Å². The molecule has 0 fully saturated rings. The van der Waals surface area contributed by atoms with Gasteiger partial charge in [-0.05, 0) is 31.0 Å². The maximum atomic E-state index is 13.0. The summed E-state index contributed by atoms with van der Waals surface area (Å²) in [5, 5.41) is 17.8. The zero-order chi connectivity index (χ0) is 26.7. The molecule has 36 heavy (non-hydrogen) atoms. The van der Waals surface area contributed by atoms with Gasteiger partial charge in [0.25, 0.3) is 0 Å². The lowest BCUT2D eigenvalue weighted by Gasteiger charge is -2.24. The summed E-state index contributed by atoms with van der Waals surface area (Å²) in [7, 11) is 0. The Balaban J connectivity index is 2.18. The maximum absolute atomic E-state index is 13.0. The van der Waals surface area contributed by atoms with Crippen LogP contribution in [0.2, 0.25) is 0 Å². The number of H-pyrrole nitrogens is 1. The van der Waals surface area contributed by atoms with Crippen LogP contribution in [0.1, 0.15) is 24.8 Å². The van der Waals surface area contributed by atoms with Gasteiger partial charge in [0.1, 0.15) is 18.1 Å². The Morgan fingerprint density at radius 1 is 0.917 bits per heavy atom. The molecular formula is C23H34N6O5S2. The van der Waals surface area contributed by atoms with E-state index in [2.05, 4.69) is 46.2 Å². The van der Waals surface area contributed by atoms with Crippen LogP contribution >= 0.6 is 25.3 Å². The third-order valence-corrected chi connectivity index (χ3v) is 6.38. The maximum Gasteiger partial charge on any atom is 0.327 e. The molecule has 0 aliphatic heterocycles. The number of hydrogen-bond acceptors (Lipinski definition) is 8. The standard InChI is InChI=1S/C23H34N6O5S2/c24-8-4-3-6-15(25)20(30)28-18(11-35)22(32)27-17(21(31)29-19(12-36)23(33)34)9-13-10-26-16-7-2-1-5-14(13)16/h1-2,5,7,10,15,17-19,26,35-36H,3-4,6,8-9,11-12,24-25H2,(H,27,32)(H,28,30)(H,29,31)(H,33,34). The van der Waals surface area contributed by atoms with Crippen LogP contribution in [0.5, 0.6) is 0 Å². The predicted molar refractivity (Wildman–Crippen MR) is 144 cm³/mol. The van der Waals surface area contributed by atoms with Crippen LogP contribution in [0.4, 0.5) is 0 Å². The zero-order valence-corrected chi connectivity index (χ0v) is 21.6. The lowest BCUT2D eigenvalue weighted by Crippen LogP contribution is -2.58. The number of para-hydroxylation sites is 1. The number of carbonyl (C=O) groups excluding carboxylic acids is 3. The number of rotatable bonds is 15. The van der Waals surface area contributed by atoms with Crippen molar-refractivity contribution in [3.63, 3.8) is 0 Å². The van der Waals surface area contributed by atoms with Gasteiger partial charge >= 0.3 is 5.97 Å². The molecule has 2 aromatic rings. The van der Waals surface area contributed by atoms with E-state index >= 15 is 0 Å². The zero-order valence-electron chi connectivity index (χ0n) is 19.8. The van der Waals surface area contributed by atoms with Gasteiger partial charge in [0.15, 0.2) is 0 Å². The molecule has 11 nitrogen and oxygen atoms in total. The van der Waals surface area contributed by atoms with Gasteiger partial charge in [0.05, 0.1) is 6.04 Å². The molecule has 13 heteroatoms. The van der Waals surface area contributed by atoms with Crippen LogP contribution in [-0.2, 0) is 25.6 Å². The number of nitrogens with two attached hydrogens (primary N) is 2. The lowest BCUT2D eigenvalue weighted by atomic mass is 10.0. The number of hydrogen-bond donors (Lipinski definition) is 9. The van der Waals surface area contributed by atoms with Crippen molar-refractivity contribution in [1.82, 2.24) is 20.9 Å². The molecular weight excluding hydrogens is 504 g/mol. The minimum Gasteiger partial charge on any atom is -0.480 e. The quantitative estimate of drug-likeness (QED) is 0.108. The van der Waals surface area contributed by atoms with E-state index in [1.807, 2.05) is 24.3 Å². The molecule has 4 atom stereocenters. The monoisotopic (exact) mass is 538 g/mol. The highest BCUT2D eigenvalue weighted by Gasteiger charge is 2.30. The Hall–Kier alpha value is -2.74. The Morgan fingerprint density at radius 3 is 2.17 bits per heavy atom.